The first-order valence-electron chi connectivity index (χ1n) is 7.28. The maximum absolute atomic E-state index is 12.2. The number of nitrogens with one attached hydrogen (secondary N) is 1. The topological polar surface area (TPSA) is 56.1 Å². The van der Waals surface area contributed by atoms with Gasteiger partial charge in [0.25, 0.3) is 0 Å². The van der Waals surface area contributed by atoms with Crippen molar-refractivity contribution in [2.24, 2.45) is 0 Å². The number of rotatable bonds is 3. The van der Waals surface area contributed by atoms with Gasteiger partial charge in [0.05, 0.1) is 11.6 Å². The summed E-state index contributed by atoms with van der Waals surface area (Å²) >= 11 is 0. The second kappa shape index (κ2) is 6.95. The normalized spacial score (nSPS) is 18.4. The molecule has 0 aromatic heterocycles. The molecule has 0 spiro atoms. The van der Waals surface area contributed by atoms with E-state index in [0.717, 1.165) is 31.4 Å². The number of hydrogen-bond acceptors (Lipinski definition) is 2. The van der Waals surface area contributed by atoms with Crippen LogP contribution >= 0.6 is 0 Å². The number of nitriles is 1. The number of nitrogens with zero attached hydrogens (tertiary/aromatic N) is 2. The molecule has 0 bridgehead atoms. The lowest BCUT2D eigenvalue weighted by molar-refractivity contribution is 0.148. The summed E-state index contributed by atoms with van der Waals surface area (Å²) in [6, 6.07) is 9.81. The molecule has 1 fully saturated rings. The van der Waals surface area contributed by atoms with Crippen LogP contribution in [0.1, 0.15) is 43.7 Å². The Morgan fingerprint density at radius 2 is 2.15 bits per heavy atom. The fourth-order valence-electron chi connectivity index (χ4n) is 2.67. The summed E-state index contributed by atoms with van der Waals surface area (Å²) in [5.41, 5.74) is 1.66. The van der Waals surface area contributed by atoms with Gasteiger partial charge < -0.3 is 10.2 Å². The molecule has 20 heavy (non-hydrogen) atoms. The number of carbonyl (C=O) groups is 1. The summed E-state index contributed by atoms with van der Waals surface area (Å²) < 4.78 is 0. The maximum Gasteiger partial charge on any atom is 0.317 e. The van der Waals surface area contributed by atoms with E-state index in [9.17, 15) is 4.79 Å². The lowest BCUT2D eigenvalue weighted by atomic mass is 10.0. The van der Waals surface area contributed by atoms with Crippen molar-refractivity contribution >= 4 is 6.03 Å². The van der Waals surface area contributed by atoms with Gasteiger partial charge in [-0.05, 0) is 43.4 Å². The highest BCUT2D eigenvalue weighted by atomic mass is 16.2. The first kappa shape index (κ1) is 14.4. The summed E-state index contributed by atoms with van der Waals surface area (Å²) in [5.74, 6) is 0. The largest absolute Gasteiger partial charge is 0.334 e. The van der Waals surface area contributed by atoms with Crippen LogP contribution in [0.25, 0.3) is 0 Å². The predicted molar refractivity (Wildman–Crippen MR) is 78.0 cm³/mol. The molecule has 4 nitrogen and oxygen atoms in total. The fraction of sp³-hybridized carbons (Fsp3) is 0.500. The number of carbonyl (C=O) groups excluding carboxylic acids is 1. The SMILES string of the molecule is CC[C@H]1CCCCN1C(=O)NCc1ccc(C#N)cc1. The highest BCUT2D eigenvalue weighted by Gasteiger charge is 2.24. The average Bonchev–Trinajstić information content (AvgIpc) is 2.53. The highest BCUT2D eigenvalue weighted by molar-refractivity contribution is 5.74. The van der Waals surface area contributed by atoms with Crippen LogP contribution in [-0.2, 0) is 6.54 Å². The summed E-state index contributed by atoms with van der Waals surface area (Å²) in [5, 5.41) is 11.7. The minimum atomic E-state index is 0.0286. The molecule has 1 atom stereocenters. The Labute approximate surface area is 120 Å². The van der Waals surface area contributed by atoms with Crippen LogP contribution in [0.2, 0.25) is 0 Å². The Balaban J connectivity index is 1.89. The van der Waals surface area contributed by atoms with Crippen LogP contribution in [0.4, 0.5) is 4.79 Å². The predicted octanol–water partition coefficient (Wildman–Crippen LogP) is 3.03. The number of benzene rings is 1. The van der Waals surface area contributed by atoms with Crippen molar-refractivity contribution in [1.29, 1.82) is 5.26 Å². The average molecular weight is 271 g/mol. The summed E-state index contributed by atoms with van der Waals surface area (Å²) in [7, 11) is 0. The Hall–Kier alpha value is -2.02. The highest BCUT2D eigenvalue weighted by Crippen LogP contribution is 2.19. The number of urea groups is 1. The molecule has 2 rings (SSSR count). The second-order valence-electron chi connectivity index (χ2n) is 5.22. The van der Waals surface area contributed by atoms with Crippen LogP contribution < -0.4 is 5.32 Å². The fourth-order valence-corrected chi connectivity index (χ4v) is 2.67. The zero-order valence-electron chi connectivity index (χ0n) is 11.9. The second-order valence-corrected chi connectivity index (χ2v) is 5.22. The molecule has 1 saturated heterocycles. The van der Waals surface area contributed by atoms with E-state index < -0.39 is 0 Å². The van der Waals surface area contributed by atoms with Gasteiger partial charge in [-0.2, -0.15) is 5.26 Å². The van der Waals surface area contributed by atoms with Crippen molar-refractivity contribution in [3.05, 3.63) is 35.4 Å². The van der Waals surface area contributed by atoms with Gasteiger partial charge in [-0.25, -0.2) is 4.79 Å². The van der Waals surface area contributed by atoms with Crippen LogP contribution in [0.5, 0.6) is 0 Å². The molecule has 1 aliphatic rings. The molecule has 1 aromatic rings. The van der Waals surface area contributed by atoms with Gasteiger partial charge in [0.2, 0.25) is 0 Å². The molecule has 1 heterocycles. The molecule has 106 valence electrons. The van der Waals surface area contributed by atoms with Gasteiger partial charge in [-0.15, -0.1) is 0 Å². The maximum atomic E-state index is 12.2. The number of hydrogen-bond donors (Lipinski definition) is 1. The lowest BCUT2D eigenvalue weighted by Gasteiger charge is -2.35. The van der Waals surface area contributed by atoms with E-state index in [1.54, 1.807) is 12.1 Å². The molecule has 2 amide bonds. The van der Waals surface area contributed by atoms with E-state index in [2.05, 4.69) is 18.3 Å². The molecule has 1 N–H and O–H groups in total. The van der Waals surface area contributed by atoms with Gasteiger partial charge in [0.15, 0.2) is 0 Å². The number of piperidine rings is 1. The Morgan fingerprint density at radius 3 is 2.80 bits per heavy atom. The van der Waals surface area contributed by atoms with E-state index in [-0.39, 0.29) is 6.03 Å². The summed E-state index contributed by atoms with van der Waals surface area (Å²) in [4.78, 5) is 14.2. The van der Waals surface area contributed by atoms with Crippen molar-refractivity contribution in [2.75, 3.05) is 6.54 Å². The minimum absolute atomic E-state index is 0.0286. The Morgan fingerprint density at radius 1 is 1.40 bits per heavy atom. The monoisotopic (exact) mass is 271 g/mol. The van der Waals surface area contributed by atoms with Crippen LogP contribution in [-0.4, -0.2) is 23.5 Å². The third-order valence-corrected chi connectivity index (χ3v) is 3.89. The Bertz CT molecular complexity index is 489. The van der Waals surface area contributed by atoms with Gasteiger partial charge in [0.1, 0.15) is 0 Å². The molecular formula is C16H21N3O. The van der Waals surface area contributed by atoms with Crippen LogP contribution in [0, 0.1) is 11.3 Å². The summed E-state index contributed by atoms with van der Waals surface area (Å²) in [6.07, 6.45) is 4.45. The van der Waals surface area contributed by atoms with Crippen molar-refractivity contribution in [3.8, 4) is 6.07 Å². The van der Waals surface area contributed by atoms with Crippen molar-refractivity contribution < 1.29 is 4.79 Å². The van der Waals surface area contributed by atoms with E-state index in [4.69, 9.17) is 5.26 Å². The standard InChI is InChI=1S/C16H21N3O/c1-2-15-5-3-4-10-19(15)16(20)18-12-14-8-6-13(11-17)7-9-14/h6-9,15H,2-5,10,12H2,1H3,(H,18,20)/t15-/m0/s1. The first-order chi connectivity index (χ1) is 9.74. The molecule has 0 saturated carbocycles. The van der Waals surface area contributed by atoms with Gasteiger partial charge >= 0.3 is 6.03 Å². The molecule has 1 aromatic carbocycles. The van der Waals surface area contributed by atoms with Crippen molar-refractivity contribution in [1.82, 2.24) is 10.2 Å². The van der Waals surface area contributed by atoms with E-state index in [1.165, 1.54) is 6.42 Å². The molecule has 4 heteroatoms. The van der Waals surface area contributed by atoms with Crippen LogP contribution in [0.15, 0.2) is 24.3 Å². The minimum Gasteiger partial charge on any atom is -0.334 e. The number of likely N-dealkylation sites (tertiary alicyclic amines) is 1. The van der Waals surface area contributed by atoms with E-state index >= 15 is 0 Å². The number of amides is 2. The summed E-state index contributed by atoms with van der Waals surface area (Å²) in [6.45, 7) is 3.51. The smallest absolute Gasteiger partial charge is 0.317 e. The third kappa shape index (κ3) is 3.51. The zero-order valence-corrected chi connectivity index (χ0v) is 11.9. The van der Waals surface area contributed by atoms with Crippen molar-refractivity contribution in [3.63, 3.8) is 0 Å². The molecule has 0 unspecified atom stereocenters. The lowest BCUT2D eigenvalue weighted by Crippen LogP contribution is -2.48. The third-order valence-electron chi connectivity index (χ3n) is 3.89. The zero-order chi connectivity index (χ0) is 14.4. The van der Waals surface area contributed by atoms with E-state index in [0.29, 0.717) is 18.2 Å². The molecule has 1 aliphatic heterocycles. The molecular weight excluding hydrogens is 250 g/mol. The van der Waals surface area contributed by atoms with Gasteiger partial charge in [-0.3, -0.25) is 0 Å². The van der Waals surface area contributed by atoms with Crippen molar-refractivity contribution in [2.45, 2.75) is 45.2 Å². The van der Waals surface area contributed by atoms with Gasteiger partial charge in [-0.1, -0.05) is 19.1 Å². The molecule has 0 radical (unpaired) electrons. The van der Waals surface area contributed by atoms with E-state index in [1.807, 2.05) is 17.0 Å². The Kier molecular flexibility index (Phi) is 5.00. The first-order valence-corrected chi connectivity index (χ1v) is 7.28. The molecule has 0 aliphatic carbocycles. The van der Waals surface area contributed by atoms with Gasteiger partial charge in [0, 0.05) is 19.1 Å². The quantitative estimate of drug-likeness (QED) is 0.918. The van der Waals surface area contributed by atoms with Crippen LogP contribution in [0.3, 0.4) is 0 Å².